The van der Waals surface area contributed by atoms with E-state index in [1.807, 2.05) is 0 Å². The molecule has 18 heavy (non-hydrogen) atoms. The van der Waals surface area contributed by atoms with E-state index in [4.69, 9.17) is 6.42 Å². The molecule has 0 aliphatic carbocycles. The molecule has 0 aromatic carbocycles. The van der Waals surface area contributed by atoms with Crippen molar-refractivity contribution in [1.82, 2.24) is 10.2 Å². The Morgan fingerprint density at radius 2 is 1.67 bits per heavy atom. The molecule has 0 heterocycles. The third-order valence-electron chi connectivity index (χ3n) is 2.80. The van der Waals surface area contributed by atoms with E-state index in [-0.39, 0.29) is 5.91 Å². The van der Waals surface area contributed by atoms with Gasteiger partial charge in [0.2, 0.25) is 5.91 Å². The minimum absolute atomic E-state index is 0.0282. The monoisotopic (exact) mass is 252 g/mol. The predicted octanol–water partition coefficient (Wildman–Crippen LogP) is 2.13. The number of carbonyl (C=O) groups is 1. The summed E-state index contributed by atoms with van der Waals surface area (Å²) < 4.78 is 0. The molecule has 0 spiro atoms. The zero-order chi connectivity index (χ0) is 14.0. The lowest BCUT2D eigenvalue weighted by molar-refractivity contribution is -0.122. The van der Waals surface area contributed by atoms with Gasteiger partial charge in [0.05, 0.1) is 13.1 Å². The topological polar surface area (TPSA) is 32.3 Å². The van der Waals surface area contributed by atoms with Crippen LogP contribution in [-0.4, -0.2) is 37.0 Å². The molecular weight excluding hydrogens is 224 g/mol. The second-order valence-corrected chi connectivity index (χ2v) is 5.62. The van der Waals surface area contributed by atoms with Crippen LogP contribution < -0.4 is 5.32 Å². The maximum Gasteiger partial charge on any atom is 0.234 e. The Balaban J connectivity index is 4.10. The lowest BCUT2D eigenvalue weighted by Crippen LogP contribution is -2.39. The summed E-state index contributed by atoms with van der Waals surface area (Å²) in [6.45, 7) is 11.6. The molecule has 0 saturated carbocycles. The summed E-state index contributed by atoms with van der Waals surface area (Å²) in [6.07, 6.45) is 7.38. The SMILES string of the molecule is C#CCNC(=O)CN(CCC(C)C)CCC(C)C. The van der Waals surface area contributed by atoms with Crippen molar-refractivity contribution in [2.24, 2.45) is 11.8 Å². The van der Waals surface area contributed by atoms with Gasteiger partial charge in [-0.3, -0.25) is 9.69 Å². The first-order chi connectivity index (χ1) is 8.45. The van der Waals surface area contributed by atoms with E-state index in [0.29, 0.717) is 24.9 Å². The van der Waals surface area contributed by atoms with Gasteiger partial charge in [-0.25, -0.2) is 0 Å². The number of carbonyl (C=O) groups excluding carboxylic acids is 1. The minimum Gasteiger partial charge on any atom is -0.344 e. The van der Waals surface area contributed by atoms with Crippen molar-refractivity contribution >= 4 is 5.91 Å². The molecule has 3 nitrogen and oxygen atoms in total. The molecule has 0 aromatic heterocycles. The van der Waals surface area contributed by atoms with Gasteiger partial charge in [-0.05, 0) is 37.8 Å². The van der Waals surface area contributed by atoms with Crippen LogP contribution in [0, 0.1) is 24.2 Å². The van der Waals surface area contributed by atoms with Gasteiger partial charge in [-0.1, -0.05) is 33.6 Å². The van der Waals surface area contributed by atoms with Gasteiger partial charge >= 0.3 is 0 Å². The molecule has 1 N–H and O–H groups in total. The van der Waals surface area contributed by atoms with Gasteiger partial charge in [0.15, 0.2) is 0 Å². The largest absolute Gasteiger partial charge is 0.344 e. The van der Waals surface area contributed by atoms with Crippen LogP contribution in [0.2, 0.25) is 0 Å². The Morgan fingerprint density at radius 3 is 2.06 bits per heavy atom. The first-order valence-electron chi connectivity index (χ1n) is 6.88. The first-order valence-corrected chi connectivity index (χ1v) is 6.88. The molecule has 0 saturated heterocycles. The van der Waals surface area contributed by atoms with Crippen molar-refractivity contribution in [3.63, 3.8) is 0 Å². The molecule has 104 valence electrons. The Kier molecular flexibility index (Phi) is 9.40. The molecular formula is C15H28N2O. The first kappa shape index (κ1) is 17.0. The molecule has 0 fully saturated rings. The van der Waals surface area contributed by atoms with Crippen molar-refractivity contribution < 1.29 is 4.79 Å². The van der Waals surface area contributed by atoms with Crippen molar-refractivity contribution in [3.8, 4) is 12.3 Å². The normalized spacial score (nSPS) is 11.0. The molecule has 0 aliphatic heterocycles. The van der Waals surface area contributed by atoms with E-state index in [2.05, 4.69) is 43.8 Å². The average Bonchev–Trinajstić information content (AvgIpc) is 2.29. The van der Waals surface area contributed by atoms with Crippen LogP contribution in [0.5, 0.6) is 0 Å². The molecule has 1 amide bonds. The zero-order valence-electron chi connectivity index (χ0n) is 12.3. The fraction of sp³-hybridized carbons (Fsp3) is 0.800. The number of terminal acetylenes is 1. The highest BCUT2D eigenvalue weighted by Gasteiger charge is 2.11. The summed E-state index contributed by atoms with van der Waals surface area (Å²) in [6, 6.07) is 0. The quantitative estimate of drug-likeness (QED) is 0.638. The van der Waals surface area contributed by atoms with Crippen LogP contribution in [0.1, 0.15) is 40.5 Å². The van der Waals surface area contributed by atoms with Crippen LogP contribution in [0.3, 0.4) is 0 Å². The molecule has 0 aromatic rings. The van der Waals surface area contributed by atoms with E-state index >= 15 is 0 Å². The van der Waals surface area contributed by atoms with E-state index in [0.717, 1.165) is 25.9 Å². The standard InChI is InChI=1S/C15H28N2O/c1-6-9-16-15(18)12-17(10-7-13(2)3)11-8-14(4)5/h1,13-14H,7-12H2,2-5H3,(H,16,18). The number of nitrogens with one attached hydrogen (secondary N) is 1. The van der Waals surface area contributed by atoms with Gasteiger partial charge in [0.25, 0.3) is 0 Å². The highest BCUT2D eigenvalue weighted by atomic mass is 16.2. The Hall–Kier alpha value is -1.01. The van der Waals surface area contributed by atoms with E-state index in [1.165, 1.54) is 0 Å². The zero-order valence-corrected chi connectivity index (χ0v) is 12.3. The summed E-state index contributed by atoms with van der Waals surface area (Å²) in [4.78, 5) is 13.9. The molecule has 0 radical (unpaired) electrons. The van der Waals surface area contributed by atoms with Crippen molar-refractivity contribution in [3.05, 3.63) is 0 Å². The van der Waals surface area contributed by atoms with Gasteiger partial charge in [-0.15, -0.1) is 6.42 Å². The Bertz CT molecular complexity index is 254. The average molecular weight is 252 g/mol. The minimum atomic E-state index is 0.0282. The summed E-state index contributed by atoms with van der Waals surface area (Å²) in [7, 11) is 0. The predicted molar refractivity (Wildman–Crippen MR) is 77.2 cm³/mol. The second kappa shape index (κ2) is 9.96. The maximum absolute atomic E-state index is 11.7. The van der Waals surface area contributed by atoms with Gasteiger partial charge in [0, 0.05) is 0 Å². The highest BCUT2D eigenvalue weighted by Crippen LogP contribution is 2.06. The summed E-state index contributed by atoms with van der Waals surface area (Å²) in [5.41, 5.74) is 0. The molecule has 0 atom stereocenters. The summed E-state index contributed by atoms with van der Waals surface area (Å²) >= 11 is 0. The highest BCUT2D eigenvalue weighted by molar-refractivity contribution is 5.78. The number of amides is 1. The van der Waals surface area contributed by atoms with E-state index < -0.39 is 0 Å². The van der Waals surface area contributed by atoms with Crippen LogP contribution in [0.15, 0.2) is 0 Å². The molecule has 0 aliphatic rings. The van der Waals surface area contributed by atoms with Crippen molar-refractivity contribution in [2.45, 2.75) is 40.5 Å². The lowest BCUT2D eigenvalue weighted by Gasteiger charge is -2.23. The number of rotatable bonds is 9. The maximum atomic E-state index is 11.7. The Labute approximate surface area is 112 Å². The van der Waals surface area contributed by atoms with Crippen LogP contribution in [0.4, 0.5) is 0 Å². The summed E-state index contributed by atoms with van der Waals surface area (Å²) in [5, 5.41) is 2.72. The van der Waals surface area contributed by atoms with E-state index in [9.17, 15) is 4.79 Å². The van der Waals surface area contributed by atoms with Gasteiger partial charge in [-0.2, -0.15) is 0 Å². The van der Waals surface area contributed by atoms with Crippen LogP contribution in [0.25, 0.3) is 0 Å². The smallest absolute Gasteiger partial charge is 0.234 e. The molecule has 3 heteroatoms. The lowest BCUT2D eigenvalue weighted by atomic mass is 10.1. The molecule has 0 unspecified atom stereocenters. The third-order valence-corrected chi connectivity index (χ3v) is 2.80. The summed E-state index contributed by atoms with van der Waals surface area (Å²) in [5.74, 6) is 3.78. The number of hydrogen-bond acceptors (Lipinski definition) is 2. The number of hydrogen-bond donors (Lipinski definition) is 1. The molecule has 0 bridgehead atoms. The second-order valence-electron chi connectivity index (χ2n) is 5.62. The van der Waals surface area contributed by atoms with Gasteiger partial charge in [0.1, 0.15) is 0 Å². The van der Waals surface area contributed by atoms with Gasteiger partial charge < -0.3 is 5.32 Å². The van der Waals surface area contributed by atoms with E-state index in [1.54, 1.807) is 0 Å². The third kappa shape index (κ3) is 10.2. The van der Waals surface area contributed by atoms with Crippen LogP contribution in [-0.2, 0) is 4.79 Å². The Morgan fingerprint density at radius 1 is 1.17 bits per heavy atom. The molecule has 0 rings (SSSR count). The fourth-order valence-electron chi connectivity index (χ4n) is 1.56. The van der Waals surface area contributed by atoms with Crippen molar-refractivity contribution in [1.29, 1.82) is 0 Å². The van der Waals surface area contributed by atoms with Crippen molar-refractivity contribution in [2.75, 3.05) is 26.2 Å². The fourth-order valence-corrected chi connectivity index (χ4v) is 1.56. The number of nitrogens with zero attached hydrogens (tertiary/aromatic N) is 1. The van der Waals surface area contributed by atoms with Crippen LogP contribution >= 0.6 is 0 Å².